The van der Waals surface area contributed by atoms with Crippen LogP contribution in [0.4, 0.5) is 11.6 Å². The van der Waals surface area contributed by atoms with Crippen LogP contribution in [0.5, 0.6) is 0 Å². The van der Waals surface area contributed by atoms with Gasteiger partial charge in [0.15, 0.2) is 11.3 Å². The van der Waals surface area contributed by atoms with E-state index in [2.05, 4.69) is 106 Å². The summed E-state index contributed by atoms with van der Waals surface area (Å²) in [5.41, 5.74) is 6.04. The van der Waals surface area contributed by atoms with Crippen molar-refractivity contribution in [2.45, 2.75) is 52.6 Å². The minimum Gasteiger partial charge on any atom is -0.366 e. The van der Waals surface area contributed by atoms with Crippen LogP contribution in [0.25, 0.3) is 11.3 Å². The lowest BCUT2D eigenvalue weighted by molar-refractivity contribution is 0.808. The van der Waals surface area contributed by atoms with E-state index in [9.17, 15) is 0 Å². The predicted molar refractivity (Wildman–Crippen MR) is 173 cm³/mol. The summed E-state index contributed by atoms with van der Waals surface area (Å²) < 4.78 is 5.43. The molecule has 6 aromatic rings. The lowest BCUT2D eigenvalue weighted by atomic mass is 10.1. The molecule has 0 aromatic carbocycles. The van der Waals surface area contributed by atoms with Crippen molar-refractivity contribution in [3.05, 3.63) is 105 Å². The molecule has 0 saturated heterocycles. The van der Waals surface area contributed by atoms with Gasteiger partial charge in [0.25, 0.3) is 0 Å². The zero-order valence-corrected chi connectivity index (χ0v) is 27.0. The van der Waals surface area contributed by atoms with Gasteiger partial charge in [0, 0.05) is 61.4 Å². The molecule has 0 unspecified atom stereocenters. The van der Waals surface area contributed by atoms with Crippen LogP contribution in [0.1, 0.15) is 62.0 Å². The van der Waals surface area contributed by atoms with Gasteiger partial charge < -0.3 is 10.6 Å². The Bertz CT molecular complexity index is 1630. The van der Waals surface area contributed by atoms with Crippen molar-refractivity contribution < 1.29 is 0 Å². The van der Waals surface area contributed by atoms with E-state index in [1.165, 1.54) is 5.56 Å². The lowest BCUT2D eigenvalue weighted by Crippen LogP contribution is -2.08. The molecule has 0 amide bonds. The summed E-state index contributed by atoms with van der Waals surface area (Å²) in [7, 11) is 0. The molecule has 0 spiro atoms. The molecule has 0 aliphatic heterocycles. The van der Waals surface area contributed by atoms with E-state index in [0.717, 1.165) is 55.4 Å². The molecular weight excluding hydrogens is 660 g/mol. The Kier molecular flexibility index (Phi) is 9.43. The molecule has 0 radical (unpaired) electrons. The predicted octanol–water partition coefficient (Wildman–Crippen LogP) is 7.24. The number of hydrogen-bond donors (Lipinski definition) is 2. The summed E-state index contributed by atoms with van der Waals surface area (Å²) in [6.45, 7) is 9.95. The minimum absolute atomic E-state index is 0.357. The molecule has 0 aliphatic carbocycles. The van der Waals surface area contributed by atoms with Crippen molar-refractivity contribution in [2.75, 3.05) is 10.6 Å². The van der Waals surface area contributed by atoms with Gasteiger partial charge in [-0.2, -0.15) is 19.2 Å². The number of anilines is 2. The molecule has 0 atom stereocenters. The standard InChI is InChI=1S/2C15H16BrN5/c1-10(2)13-7-14(18-8-11-3-5-17-6-4-11)21-15(20-13)12(16)9-19-21;1-10(2)13-6-14(18-8-11-4-3-5-17-7-11)21-15(20-13)12(16)9-19-21/h2*3-7,9-10,18H,8H2,1-2H3. The Balaban J connectivity index is 0.000000168. The zero-order chi connectivity index (χ0) is 29.6. The molecule has 0 aliphatic rings. The minimum atomic E-state index is 0.357. The SMILES string of the molecule is CC(C)c1cc(NCc2cccnc2)n2ncc(Br)c2n1.CC(C)c1cc(NCc2ccncc2)n2ncc(Br)c2n1. The van der Waals surface area contributed by atoms with E-state index in [0.29, 0.717) is 18.4 Å². The van der Waals surface area contributed by atoms with Gasteiger partial charge in [0.05, 0.1) is 21.3 Å². The first-order valence-electron chi connectivity index (χ1n) is 13.6. The highest BCUT2D eigenvalue weighted by molar-refractivity contribution is 9.11. The summed E-state index contributed by atoms with van der Waals surface area (Å²) in [6.07, 6.45) is 10.8. The van der Waals surface area contributed by atoms with Gasteiger partial charge >= 0.3 is 0 Å². The fraction of sp³-hybridized carbons (Fsp3) is 0.267. The van der Waals surface area contributed by atoms with Crippen molar-refractivity contribution in [1.82, 2.24) is 39.2 Å². The molecule has 2 N–H and O–H groups in total. The van der Waals surface area contributed by atoms with Crippen molar-refractivity contribution in [2.24, 2.45) is 0 Å². The maximum atomic E-state index is 4.65. The van der Waals surface area contributed by atoms with Gasteiger partial charge in [-0.25, -0.2) is 9.97 Å². The second-order valence-electron chi connectivity index (χ2n) is 10.3. The Hall–Kier alpha value is -3.90. The Morgan fingerprint density at radius 2 is 1.19 bits per heavy atom. The highest BCUT2D eigenvalue weighted by Gasteiger charge is 2.13. The number of fused-ring (bicyclic) bond motifs is 2. The zero-order valence-electron chi connectivity index (χ0n) is 23.8. The van der Waals surface area contributed by atoms with Crippen LogP contribution in [-0.2, 0) is 13.1 Å². The van der Waals surface area contributed by atoms with Crippen LogP contribution in [0.15, 0.2) is 82.5 Å². The first kappa shape index (κ1) is 29.6. The van der Waals surface area contributed by atoms with Crippen molar-refractivity contribution in [3.63, 3.8) is 0 Å². The average molecular weight is 692 g/mol. The molecule has 12 heteroatoms. The molecule has 6 heterocycles. The van der Waals surface area contributed by atoms with Crippen LogP contribution in [0.2, 0.25) is 0 Å². The molecule has 6 aromatic heterocycles. The topological polar surface area (TPSA) is 110 Å². The van der Waals surface area contributed by atoms with Gasteiger partial charge in [-0.3, -0.25) is 9.97 Å². The molecule has 0 saturated carbocycles. The molecule has 10 nitrogen and oxygen atoms in total. The number of pyridine rings is 2. The maximum Gasteiger partial charge on any atom is 0.171 e. The third-order valence-corrected chi connectivity index (χ3v) is 7.62. The quantitative estimate of drug-likeness (QED) is 0.172. The van der Waals surface area contributed by atoms with Crippen LogP contribution >= 0.6 is 31.9 Å². The fourth-order valence-corrected chi connectivity index (χ4v) is 4.84. The molecule has 6 rings (SSSR count). The van der Waals surface area contributed by atoms with E-state index in [4.69, 9.17) is 0 Å². The van der Waals surface area contributed by atoms with Crippen molar-refractivity contribution in [1.29, 1.82) is 0 Å². The second kappa shape index (κ2) is 13.4. The second-order valence-corrected chi connectivity index (χ2v) is 12.0. The molecule has 0 fully saturated rings. The van der Waals surface area contributed by atoms with E-state index >= 15 is 0 Å². The Labute approximate surface area is 261 Å². The summed E-state index contributed by atoms with van der Waals surface area (Å²) in [6, 6.07) is 12.1. The molecule has 0 bridgehead atoms. The molecule has 42 heavy (non-hydrogen) atoms. The van der Waals surface area contributed by atoms with Crippen LogP contribution in [-0.4, -0.2) is 39.2 Å². The van der Waals surface area contributed by atoms with E-state index in [1.807, 2.05) is 45.6 Å². The lowest BCUT2D eigenvalue weighted by Gasteiger charge is -2.12. The number of rotatable bonds is 8. The number of nitrogens with zero attached hydrogens (tertiary/aromatic N) is 8. The van der Waals surface area contributed by atoms with Crippen LogP contribution in [0, 0.1) is 0 Å². The van der Waals surface area contributed by atoms with Crippen molar-refractivity contribution in [3.8, 4) is 0 Å². The highest BCUT2D eigenvalue weighted by atomic mass is 79.9. The number of nitrogens with one attached hydrogen (secondary N) is 2. The van der Waals surface area contributed by atoms with E-state index in [1.54, 1.807) is 31.0 Å². The highest BCUT2D eigenvalue weighted by Crippen LogP contribution is 2.25. The average Bonchev–Trinajstić information content (AvgIpc) is 3.58. The monoisotopic (exact) mass is 690 g/mol. The normalized spacial score (nSPS) is 11.2. The van der Waals surface area contributed by atoms with Crippen LogP contribution in [0.3, 0.4) is 0 Å². The number of halogens is 2. The summed E-state index contributed by atoms with van der Waals surface area (Å²) in [5, 5.41) is 15.6. The number of aromatic nitrogens is 8. The molecular formula is C30H32Br2N10. The smallest absolute Gasteiger partial charge is 0.171 e. The largest absolute Gasteiger partial charge is 0.366 e. The Morgan fingerprint density at radius 1 is 0.667 bits per heavy atom. The first-order chi connectivity index (χ1) is 20.3. The first-order valence-corrected chi connectivity index (χ1v) is 15.2. The van der Waals surface area contributed by atoms with Gasteiger partial charge in [-0.15, -0.1) is 0 Å². The van der Waals surface area contributed by atoms with Gasteiger partial charge in [0.1, 0.15) is 11.6 Å². The maximum absolute atomic E-state index is 4.65. The third-order valence-electron chi connectivity index (χ3n) is 6.50. The fourth-order valence-electron chi connectivity index (χ4n) is 4.14. The Morgan fingerprint density at radius 3 is 1.67 bits per heavy atom. The van der Waals surface area contributed by atoms with Gasteiger partial charge in [0.2, 0.25) is 0 Å². The van der Waals surface area contributed by atoms with E-state index in [-0.39, 0.29) is 0 Å². The van der Waals surface area contributed by atoms with Crippen molar-refractivity contribution >= 4 is 54.8 Å². The summed E-state index contributed by atoms with van der Waals surface area (Å²) in [5.74, 6) is 2.58. The summed E-state index contributed by atoms with van der Waals surface area (Å²) in [4.78, 5) is 17.5. The molecule has 216 valence electrons. The van der Waals surface area contributed by atoms with Gasteiger partial charge in [-0.1, -0.05) is 33.8 Å². The van der Waals surface area contributed by atoms with E-state index < -0.39 is 0 Å². The summed E-state index contributed by atoms with van der Waals surface area (Å²) >= 11 is 7.00. The van der Waals surface area contributed by atoms with Gasteiger partial charge in [-0.05, 0) is 73.0 Å². The number of hydrogen-bond acceptors (Lipinski definition) is 8. The van der Waals surface area contributed by atoms with Crippen LogP contribution < -0.4 is 10.6 Å². The third kappa shape index (κ3) is 6.93.